The smallest absolute Gasteiger partial charge is 0.268 e. The molecule has 2 aromatic rings. The van der Waals surface area contributed by atoms with Gasteiger partial charge in [0, 0.05) is 12.2 Å². The van der Waals surface area contributed by atoms with Gasteiger partial charge in [0.25, 0.3) is 5.56 Å². The molecular formula is C16H15FN2O. The first-order chi connectivity index (χ1) is 9.52. The van der Waals surface area contributed by atoms with Gasteiger partial charge in [0.15, 0.2) is 0 Å². The van der Waals surface area contributed by atoms with Crippen LogP contribution in [-0.2, 0) is 13.0 Å². The van der Waals surface area contributed by atoms with Crippen molar-refractivity contribution in [2.75, 3.05) is 0 Å². The second-order valence-electron chi connectivity index (χ2n) is 4.79. The maximum absolute atomic E-state index is 12.8. The van der Waals surface area contributed by atoms with Gasteiger partial charge in [-0.25, -0.2) is 4.39 Å². The maximum Gasteiger partial charge on any atom is 0.268 e. The van der Waals surface area contributed by atoms with Crippen LogP contribution in [0, 0.1) is 31.0 Å². The summed E-state index contributed by atoms with van der Waals surface area (Å²) in [6.07, 6.45) is 0.620. The third-order valence-electron chi connectivity index (χ3n) is 3.35. The summed E-state index contributed by atoms with van der Waals surface area (Å²) < 4.78 is 14.4. The lowest BCUT2D eigenvalue weighted by atomic mass is 10.1. The van der Waals surface area contributed by atoms with Crippen molar-refractivity contribution in [1.29, 1.82) is 5.26 Å². The number of nitriles is 1. The van der Waals surface area contributed by atoms with Crippen molar-refractivity contribution in [1.82, 2.24) is 4.57 Å². The van der Waals surface area contributed by atoms with Crippen LogP contribution in [0.5, 0.6) is 0 Å². The van der Waals surface area contributed by atoms with Gasteiger partial charge in [0.2, 0.25) is 0 Å². The number of benzene rings is 1. The fourth-order valence-electron chi connectivity index (χ4n) is 2.23. The summed E-state index contributed by atoms with van der Waals surface area (Å²) in [4.78, 5) is 12.2. The van der Waals surface area contributed by atoms with E-state index in [1.807, 2.05) is 19.1 Å². The van der Waals surface area contributed by atoms with Crippen LogP contribution in [-0.4, -0.2) is 4.57 Å². The number of rotatable bonds is 3. The van der Waals surface area contributed by atoms with Gasteiger partial charge in [-0.1, -0.05) is 12.1 Å². The molecule has 102 valence electrons. The number of aromatic nitrogens is 1. The molecule has 0 radical (unpaired) electrons. The SMILES string of the molecule is Cc1cc(C)n(CCc2ccc(F)cc2)c(=O)c1C#N. The highest BCUT2D eigenvalue weighted by atomic mass is 19.1. The van der Waals surface area contributed by atoms with Crippen LogP contribution in [0.3, 0.4) is 0 Å². The number of halogens is 1. The number of nitrogens with zero attached hydrogens (tertiary/aromatic N) is 2. The van der Waals surface area contributed by atoms with Crippen LogP contribution < -0.4 is 5.56 Å². The van der Waals surface area contributed by atoms with Gasteiger partial charge in [-0.05, 0) is 49.6 Å². The summed E-state index contributed by atoms with van der Waals surface area (Å²) in [5.74, 6) is -0.274. The Kier molecular flexibility index (Phi) is 3.99. The Morgan fingerprint density at radius 2 is 1.90 bits per heavy atom. The van der Waals surface area contributed by atoms with Crippen LogP contribution in [0.15, 0.2) is 35.1 Å². The molecule has 0 unspecified atom stereocenters. The Balaban J connectivity index is 2.28. The standard InChI is InChI=1S/C16H15FN2O/c1-11-9-12(2)19(16(20)15(11)10-18)8-7-13-3-5-14(17)6-4-13/h3-6,9H,7-8H2,1-2H3. The predicted molar refractivity (Wildman–Crippen MR) is 75.0 cm³/mol. The van der Waals surface area contributed by atoms with Crippen LogP contribution in [0.1, 0.15) is 22.4 Å². The minimum atomic E-state index is -0.274. The fourth-order valence-corrected chi connectivity index (χ4v) is 2.23. The van der Waals surface area contributed by atoms with E-state index in [1.165, 1.54) is 12.1 Å². The minimum Gasteiger partial charge on any atom is -0.311 e. The molecule has 2 rings (SSSR count). The molecule has 0 bridgehead atoms. The summed E-state index contributed by atoms with van der Waals surface area (Å²) in [6.45, 7) is 4.09. The zero-order valence-corrected chi connectivity index (χ0v) is 11.5. The van der Waals surface area contributed by atoms with Crippen LogP contribution >= 0.6 is 0 Å². The first-order valence-electron chi connectivity index (χ1n) is 6.38. The third-order valence-corrected chi connectivity index (χ3v) is 3.35. The average Bonchev–Trinajstić information content (AvgIpc) is 2.40. The van der Waals surface area contributed by atoms with Gasteiger partial charge in [0.1, 0.15) is 17.4 Å². The van der Waals surface area contributed by atoms with E-state index in [9.17, 15) is 9.18 Å². The third kappa shape index (κ3) is 2.77. The Morgan fingerprint density at radius 1 is 1.25 bits per heavy atom. The highest BCUT2D eigenvalue weighted by Crippen LogP contribution is 2.08. The highest BCUT2D eigenvalue weighted by Gasteiger charge is 2.09. The van der Waals surface area contributed by atoms with E-state index in [-0.39, 0.29) is 16.9 Å². The first-order valence-corrected chi connectivity index (χ1v) is 6.38. The molecule has 0 aliphatic rings. The molecule has 0 N–H and O–H groups in total. The lowest BCUT2D eigenvalue weighted by Gasteiger charge is -2.12. The average molecular weight is 270 g/mol. The molecule has 0 saturated carbocycles. The van der Waals surface area contributed by atoms with Gasteiger partial charge in [0.05, 0.1) is 0 Å². The quantitative estimate of drug-likeness (QED) is 0.860. The van der Waals surface area contributed by atoms with Crippen molar-refractivity contribution >= 4 is 0 Å². The molecule has 0 amide bonds. The van der Waals surface area contributed by atoms with Crippen molar-refractivity contribution in [2.45, 2.75) is 26.8 Å². The van der Waals surface area contributed by atoms with E-state index in [0.29, 0.717) is 18.5 Å². The second kappa shape index (κ2) is 5.70. The van der Waals surface area contributed by atoms with Crippen molar-refractivity contribution < 1.29 is 4.39 Å². The van der Waals surface area contributed by atoms with Crippen molar-refractivity contribution in [3.8, 4) is 6.07 Å². The zero-order valence-electron chi connectivity index (χ0n) is 11.5. The van der Waals surface area contributed by atoms with E-state index in [0.717, 1.165) is 11.3 Å². The van der Waals surface area contributed by atoms with Crippen LogP contribution in [0.25, 0.3) is 0 Å². The largest absolute Gasteiger partial charge is 0.311 e. The molecule has 20 heavy (non-hydrogen) atoms. The van der Waals surface area contributed by atoms with E-state index in [2.05, 4.69) is 0 Å². The molecule has 0 aliphatic heterocycles. The number of hydrogen-bond acceptors (Lipinski definition) is 2. The Labute approximate surface area is 116 Å². The first kappa shape index (κ1) is 14.0. The summed E-state index contributed by atoms with van der Waals surface area (Å²) in [5.41, 5.74) is 2.42. The normalized spacial score (nSPS) is 10.3. The number of hydrogen-bond donors (Lipinski definition) is 0. The van der Waals surface area contributed by atoms with E-state index < -0.39 is 0 Å². The second-order valence-corrected chi connectivity index (χ2v) is 4.79. The molecule has 0 aliphatic carbocycles. The van der Waals surface area contributed by atoms with Gasteiger partial charge in [-0.15, -0.1) is 0 Å². The summed E-state index contributed by atoms with van der Waals surface area (Å²) >= 11 is 0. The summed E-state index contributed by atoms with van der Waals surface area (Å²) in [5, 5.41) is 9.03. The Bertz CT molecular complexity index is 724. The Hall–Kier alpha value is -2.41. The topological polar surface area (TPSA) is 45.8 Å². The molecule has 0 fully saturated rings. The fraction of sp³-hybridized carbons (Fsp3) is 0.250. The van der Waals surface area contributed by atoms with Gasteiger partial charge in [-0.2, -0.15) is 5.26 Å². The van der Waals surface area contributed by atoms with E-state index in [1.54, 1.807) is 23.6 Å². The molecule has 4 heteroatoms. The molecular weight excluding hydrogens is 255 g/mol. The molecule has 1 heterocycles. The monoisotopic (exact) mass is 270 g/mol. The van der Waals surface area contributed by atoms with Gasteiger partial charge < -0.3 is 4.57 Å². The molecule has 0 spiro atoms. The molecule has 1 aromatic carbocycles. The maximum atomic E-state index is 12.8. The van der Waals surface area contributed by atoms with E-state index >= 15 is 0 Å². The van der Waals surface area contributed by atoms with Crippen LogP contribution in [0.4, 0.5) is 4.39 Å². The molecule has 0 saturated heterocycles. The van der Waals surface area contributed by atoms with Crippen LogP contribution in [0.2, 0.25) is 0 Å². The summed E-state index contributed by atoms with van der Waals surface area (Å²) in [7, 11) is 0. The lowest BCUT2D eigenvalue weighted by molar-refractivity contribution is 0.622. The zero-order chi connectivity index (χ0) is 14.7. The van der Waals surface area contributed by atoms with Crippen molar-refractivity contribution in [3.05, 3.63) is 68.9 Å². The van der Waals surface area contributed by atoms with Gasteiger partial charge in [-0.3, -0.25) is 4.79 Å². The molecule has 1 aromatic heterocycles. The minimum absolute atomic E-state index is 0.190. The summed E-state index contributed by atoms with van der Waals surface area (Å²) in [6, 6.07) is 10.0. The predicted octanol–water partition coefficient (Wildman–Crippen LogP) is 2.72. The van der Waals surface area contributed by atoms with Crippen molar-refractivity contribution in [2.24, 2.45) is 0 Å². The highest BCUT2D eigenvalue weighted by molar-refractivity contribution is 5.36. The van der Waals surface area contributed by atoms with Crippen molar-refractivity contribution in [3.63, 3.8) is 0 Å². The van der Waals surface area contributed by atoms with Gasteiger partial charge >= 0.3 is 0 Å². The van der Waals surface area contributed by atoms with E-state index in [4.69, 9.17) is 5.26 Å². The number of aryl methyl sites for hydroxylation is 3. The lowest BCUT2D eigenvalue weighted by Crippen LogP contribution is -2.26. The molecule has 0 atom stereocenters. The number of pyridine rings is 1. The molecule has 3 nitrogen and oxygen atoms in total. The Morgan fingerprint density at radius 3 is 2.50 bits per heavy atom.